The molecule has 0 bridgehead atoms. The van der Waals surface area contributed by atoms with Gasteiger partial charge in [0.25, 0.3) is 0 Å². The predicted molar refractivity (Wildman–Crippen MR) is 60.1 cm³/mol. The highest BCUT2D eigenvalue weighted by Crippen LogP contribution is 2.32. The lowest BCUT2D eigenvalue weighted by molar-refractivity contribution is 0.0802. The molecule has 0 fully saturated rings. The molecule has 0 saturated carbocycles. The Balaban J connectivity index is 2.74. The molecule has 1 aromatic heterocycles. The minimum absolute atomic E-state index is 0.794. The van der Waals surface area contributed by atoms with Crippen molar-refractivity contribution in [2.45, 2.75) is 19.4 Å². The van der Waals surface area contributed by atoms with Crippen molar-refractivity contribution < 1.29 is 9.84 Å². The van der Waals surface area contributed by atoms with Crippen LogP contribution in [0, 0.1) is 0 Å². The topological polar surface area (TPSA) is 45.2 Å². The van der Waals surface area contributed by atoms with Crippen molar-refractivity contribution in [1.82, 2.24) is 4.98 Å². The van der Waals surface area contributed by atoms with Gasteiger partial charge in [0.05, 0.1) is 18.2 Å². The number of methoxy groups -OCH3 is 1. The van der Waals surface area contributed by atoms with Crippen LogP contribution in [0.15, 0.2) is 24.4 Å². The zero-order valence-electron chi connectivity index (χ0n) is 9.16. The molecule has 0 amide bonds. The molecule has 0 aliphatic rings. The van der Waals surface area contributed by atoms with Crippen LogP contribution in [0.5, 0.6) is 5.75 Å². The Morgan fingerprint density at radius 1 is 1.27 bits per heavy atom. The lowest BCUT2D eigenvalue weighted by Gasteiger charge is -2.19. The third-order valence-electron chi connectivity index (χ3n) is 2.56. The third-order valence-corrected chi connectivity index (χ3v) is 2.56. The minimum Gasteiger partial charge on any atom is -0.495 e. The van der Waals surface area contributed by atoms with Gasteiger partial charge >= 0.3 is 0 Å². The van der Waals surface area contributed by atoms with Gasteiger partial charge in [-0.15, -0.1) is 0 Å². The van der Waals surface area contributed by atoms with Crippen LogP contribution in [-0.2, 0) is 5.60 Å². The molecule has 3 heteroatoms. The predicted octanol–water partition coefficient (Wildman–Crippen LogP) is 2.40. The van der Waals surface area contributed by atoms with Crippen molar-refractivity contribution in [1.29, 1.82) is 0 Å². The van der Waals surface area contributed by atoms with E-state index in [9.17, 15) is 5.11 Å². The van der Waals surface area contributed by atoms with E-state index in [-0.39, 0.29) is 0 Å². The van der Waals surface area contributed by atoms with Crippen molar-refractivity contribution in [3.8, 4) is 5.75 Å². The van der Waals surface area contributed by atoms with E-state index < -0.39 is 5.60 Å². The van der Waals surface area contributed by atoms with Crippen LogP contribution in [-0.4, -0.2) is 17.2 Å². The first kappa shape index (κ1) is 10.1. The second-order valence-electron chi connectivity index (χ2n) is 4.14. The zero-order valence-corrected chi connectivity index (χ0v) is 9.16. The van der Waals surface area contributed by atoms with Crippen LogP contribution in [0.25, 0.3) is 10.9 Å². The smallest absolute Gasteiger partial charge is 0.142 e. The van der Waals surface area contributed by atoms with E-state index in [2.05, 4.69) is 4.98 Å². The maximum atomic E-state index is 10.0. The van der Waals surface area contributed by atoms with E-state index in [0.717, 1.165) is 22.2 Å². The van der Waals surface area contributed by atoms with Gasteiger partial charge in [0.15, 0.2) is 0 Å². The van der Waals surface area contributed by atoms with Crippen LogP contribution < -0.4 is 4.74 Å². The standard InChI is InChI=1S/C12H15NO2/c1-12(2,14)9-4-5-10(15-3)11-8(9)6-7-13-11/h4-7,13-14H,1-3H3. The largest absolute Gasteiger partial charge is 0.495 e. The van der Waals surface area contributed by atoms with E-state index in [0.29, 0.717) is 0 Å². The third kappa shape index (κ3) is 1.59. The molecular formula is C12H15NO2. The van der Waals surface area contributed by atoms with Crippen molar-refractivity contribution in [3.05, 3.63) is 30.0 Å². The molecular weight excluding hydrogens is 190 g/mol. The lowest BCUT2D eigenvalue weighted by Crippen LogP contribution is -2.15. The molecule has 0 aliphatic heterocycles. The summed E-state index contributed by atoms with van der Waals surface area (Å²) in [7, 11) is 1.64. The van der Waals surface area contributed by atoms with E-state index >= 15 is 0 Å². The number of hydrogen-bond acceptors (Lipinski definition) is 2. The minimum atomic E-state index is -0.841. The van der Waals surface area contributed by atoms with Gasteiger partial charge in [-0.1, -0.05) is 6.07 Å². The summed E-state index contributed by atoms with van der Waals surface area (Å²) in [5.74, 6) is 0.794. The number of aromatic nitrogens is 1. The van der Waals surface area contributed by atoms with Crippen LogP contribution >= 0.6 is 0 Å². The summed E-state index contributed by atoms with van der Waals surface area (Å²) in [6, 6.07) is 5.71. The molecule has 80 valence electrons. The van der Waals surface area contributed by atoms with E-state index in [1.54, 1.807) is 21.0 Å². The quantitative estimate of drug-likeness (QED) is 0.790. The second kappa shape index (κ2) is 3.28. The van der Waals surface area contributed by atoms with Gasteiger partial charge in [-0.25, -0.2) is 0 Å². The normalized spacial score (nSPS) is 12.0. The molecule has 0 atom stereocenters. The van der Waals surface area contributed by atoms with Gasteiger partial charge < -0.3 is 14.8 Å². The van der Waals surface area contributed by atoms with Gasteiger partial charge in [-0.2, -0.15) is 0 Å². The van der Waals surface area contributed by atoms with Crippen molar-refractivity contribution in [2.24, 2.45) is 0 Å². The number of ether oxygens (including phenoxy) is 1. The van der Waals surface area contributed by atoms with Gasteiger partial charge in [0.1, 0.15) is 5.75 Å². The summed E-state index contributed by atoms with van der Waals surface area (Å²) in [6.07, 6.45) is 1.85. The maximum absolute atomic E-state index is 10.0. The molecule has 0 saturated heterocycles. The molecule has 2 N–H and O–H groups in total. The molecule has 2 aromatic rings. The Labute approximate surface area is 88.7 Å². The first-order chi connectivity index (χ1) is 7.04. The zero-order chi connectivity index (χ0) is 11.1. The molecule has 15 heavy (non-hydrogen) atoms. The number of aliphatic hydroxyl groups is 1. The van der Waals surface area contributed by atoms with Crippen LogP contribution in [0.1, 0.15) is 19.4 Å². The van der Waals surface area contributed by atoms with Gasteiger partial charge in [-0.05, 0) is 31.5 Å². The van der Waals surface area contributed by atoms with Crippen molar-refractivity contribution >= 4 is 10.9 Å². The van der Waals surface area contributed by atoms with E-state index in [4.69, 9.17) is 4.74 Å². The first-order valence-electron chi connectivity index (χ1n) is 4.91. The second-order valence-corrected chi connectivity index (χ2v) is 4.14. The summed E-state index contributed by atoms with van der Waals surface area (Å²) in [5.41, 5.74) is 0.990. The highest BCUT2D eigenvalue weighted by atomic mass is 16.5. The monoisotopic (exact) mass is 205 g/mol. The fourth-order valence-electron chi connectivity index (χ4n) is 1.83. The number of nitrogens with one attached hydrogen (secondary N) is 1. The van der Waals surface area contributed by atoms with Crippen molar-refractivity contribution in [3.63, 3.8) is 0 Å². The Morgan fingerprint density at radius 2 is 2.00 bits per heavy atom. The Hall–Kier alpha value is -1.48. The number of fused-ring (bicyclic) bond motifs is 1. The number of hydrogen-bond donors (Lipinski definition) is 2. The summed E-state index contributed by atoms with van der Waals surface area (Å²) in [6.45, 7) is 3.56. The molecule has 0 unspecified atom stereocenters. The average molecular weight is 205 g/mol. The summed E-state index contributed by atoms with van der Waals surface area (Å²) in [4.78, 5) is 3.12. The fraction of sp³-hybridized carbons (Fsp3) is 0.333. The fourth-order valence-corrected chi connectivity index (χ4v) is 1.83. The maximum Gasteiger partial charge on any atom is 0.142 e. The number of H-pyrrole nitrogens is 1. The highest BCUT2D eigenvalue weighted by molar-refractivity contribution is 5.88. The Kier molecular flexibility index (Phi) is 2.20. The molecule has 0 spiro atoms. The van der Waals surface area contributed by atoms with Crippen LogP contribution in [0.2, 0.25) is 0 Å². The van der Waals surface area contributed by atoms with Crippen LogP contribution in [0.4, 0.5) is 0 Å². The van der Waals surface area contributed by atoms with E-state index in [1.807, 2.05) is 24.4 Å². The summed E-state index contributed by atoms with van der Waals surface area (Å²) >= 11 is 0. The lowest BCUT2D eigenvalue weighted by atomic mass is 9.95. The SMILES string of the molecule is COc1ccc(C(C)(C)O)c2cc[nH]c12. The summed E-state index contributed by atoms with van der Waals surface area (Å²) < 4.78 is 5.24. The Morgan fingerprint density at radius 3 is 2.60 bits per heavy atom. The average Bonchev–Trinajstić information content (AvgIpc) is 2.62. The molecule has 2 rings (SSSR count). The number of rotatable bonds is 2. The molecule has 1 aromatic carbocycles. The molecule has 0 aliphatic carbocycles. The van der Waals surface area contributed by atoms with Crippen LogP contribution in [0.3, 0.4) is 0 Å². The Bertz CT molecular complexity index is 480. The molecule has 0 radical (unpaired) electrons. The highest BCUT2D eigenvalue weighted by Gasteiger charge is 2.20. The van der Waals surface area contributed by atoms with Crippen molar-refractivity contribution in [2.75, 3.05) is 7.11 Å². The molecule has 3 nitrogen and oxygen atoms in total. The molecule has 1 heterocycles. The van der Waals surface area contributed by atoms with Gasteiger partial charge in [0.2, 0.25) is 0 Å². The number of benzene rings is 1. The summed E-state index contributed by atoms with van der Waals surface area (Å²) in [5, 5.41) is 11.0. The van der Waals surface area contributed by atoms with Gasteiger partial charge in [-0.3, -0.25) is 0 Å². The first-order valence-corrected chi connectivity index (χ1v) is 4.91. The van der Waals surface area contributed by atoms with E-state index in [1.165, 1.54) is 0 Å². The van der Waals surface area contributed by atoms with Gasteiger partial charge in [0, 0.05) is 11.6 Å². The number of aromatic amines is 1.